The lowest BCUT2D eigenvalue weighted by Crippen LogP contribution is -2.48. The minimum Gasteiger partial charge on any atom is -0.493 e. The summed E-state index contributed by atoms with van der Waals surface area (Å²) in [5.74, 6) is 3.12. The summed E-state index contributed by atoms with van der Waals surface area (Å²) in [5, 5.41) is 10.4. The third-order valence-corrected chi connectivity index (χ3v) is 5.02. The topological polar surface area (TPSA) is 63.6 Å². The summed E-state index contributed by atoms with van der Waals surface area (Å²) in [6, 6.07) is 12.1. The molecule has 188 valence electrons. The number of methoxy groups -OCH3 is 4. The van der Waals surface area contributed by atoms with Crippen LogP contribution in [0.2, 0.25) is 0 Å². The first kappa shape index (κ1) is 30.5. The lowest BCUT2D eigenvalue weighted by atomic mass is 10.2. The zero-order chi connectivity index (χ0) is 25.4. The molecule has 1 N–H and O–H groups in total. The number of ether oxygens (including phenoxy) is 4. The van der Waals surface area contributed by atoms with Crippen LogP contribution >= 0.6 is 0 Å². The Morgan fingerprint density at radius 3 is 1.42 bits per heavy atom. The number of benzene rings is 2. The molecule has 0 bridgehead atoms. The van der Waals surface area contributed by atoms with Gasteiger partial charge in [-0.3, -0.25) is 0 Å². The second-order valence-electron chi connectivity index (χ2n) is 7.46. The molecule has 0 aliphatic carbocycles. The maximum Gasteiger partial charge on any atom is 0.160 e. The molecule has 1 heterocycles. The van der Waals surface area contributed by atoms with Gasteiger partial charge in [0.2, 0.25) is 0 Å². The summed E-state index contributed by atoms with van der Waals surface area (Å²) in [6.07, 6.45) is 0. The molecule has 1 aliphatic rings. The van der Waals surface area contributed by atoms with Crippen LogP contribution in [0.15, 0.2) is 36.4 Å². The predicted molar refractivity (Wildman–Crippen MR) is 135 cm³/mol. The molecular formula is C26H44N2O5. The van der Waals surface area contributed by atoms with Gasteiger partial charge in [0.1, 0.15) is 0 Å². The average molecular weight is 465 g/mol. The van der Waals surface area contributed by atoms with E-state index < -0.39 is 0 Å². The molecule has 1 atom stereocenters. The van der Waals surface area contributed by atoms with E-state index in [0.717, 1.165) is 42.6 Å². The van der Waals surface area contributed by atoms with Crippen molar-refractivity contribution >= 4 is 0 Å². The molecule has 0 aromatic heterocycles. The summed E-state index contributed by atoms with van der Waals surface area (Å²) < 4.78 is 20.3. The maximum atomic E-state index is 9.00. The molecule has 2 aromatic rings. The molecule has 0 spiro atoms. The molecule has 7 heteroatoms. The molecule has 7 nitrogen and oxygen atoms in total. The molecule has 3 rings (SSSR count). The van der Waals surface area contributed by atoms with Crippen molar-refractivity contribution in [3.63, 3.8) is 0 Å². The minimum absolute atomic E-state index is 0.490. The van der Waals surface area contributed by atoms with Crippen LogP contribution in [0.1, 0.15) is 31.9 Å². The van der Waals surface area contributed by atoms with Gasteiger partial charge in [-0.2, -0.15) is 5.06 Å². The predicted octanol–water partition coefficient (Wildman–Crippen LogP) is 5.06. The first-order chi connectivity index (χ1) is 15.7. The summed E-state index contributed by atoms with van der Waals surface area (Å²) >= 11 is 0. The van der Waals surface area contributed by atoms with Crippen LogP contribution in [0.4, 0.5) is 0 Å². The number of hydrogen-bond donors (Lipinski definition) is 1. The Balaban J connectivity index is 0.000000450. The van der Waals surface area contributed by atoms with Crippen molar-refractivity contribution in [3.8, 4) is 23.0 Å². The largest absolute Gasteiger partial charge is 0.493 e. The monoisotopic (exact) mass is 464 g/mol. The second-order valence-corrected chi connectivity index (χ2v) is 7.46. The van der Waals surface area contributed by atoms with Gasteiger partial charge in [0.15, 0.2) is 23.0 Å². The molecule has 0 saturated carbocycles. The van der Waals surface area contributed by atoms with E-state index in [4.69, 9.17) is 24.2 Å². The maximum absolute atomic E-state index is 9.00. The van der Waals surface area contributed by atoms with Crippen molar-refractivity contribution < 1.29 is 24.2 Å². The van der Waals surface area contributed by atoms with E-state index in [0.29, 0.717) is 6.04 Å². The van der Waals surface area contributed by atoms with Crippen LogP contribution in [-0.4, -0.2) is 76.3 Å². The van der Waals surface area contributed by atoms with Gasteiger partial charge in [0.05, 0.1) is 28.4 Å². The van der Waals surface area contributed by atoms with Crippen molar-refractivity contribution in [1.29, 1.82) is 0 Å². The van der Waals surface area contributed by atoms with Crippen LogP contribution in [0.5, 0.6) is 23.0 Å². The SMILES string of the molecule is CC.COc1ccc(C)cc1OC.COc1ccc(C)cc1OC.C[C@H]1CN(O)CCN1C. The van der Waals surface area contributed by atoms with E-state index in [-0.39, 0.29) is 0 Å². The molecule has 0 radical (unpaired) electrons. The molecule has 0 unspecified atom stereocenters. The van der Waals surface area contributed by atoms with Gasteiger partial charge < -0.3 is 29.1 Å². The lowest BCUT2D eigenvalue weighted by Gasteiger charge is -2.33. The fourth-order valence-electron chi connectivity index (χ4n) is 2.92. The Labute approximate surface area is 200 Å². The van der Waals surface area contributed by atoms with Crippen LogP contribution in [0.3, 0.4) is 0 Å². The summed E-state index contributed by atoms with van der Waals surface area (Å²) in [7, 11) is 8.62. The minimum atomic E-state index is 0.490. The Morgan fingerprint density at radius 2 is 1.12 bits per heavy atom. The molecule has 1 saturated heterocycles. The Morgan fingerprint density at radius 1 is 0.727 bits per heavy atom. The number of likely N-dealkylation sites (N-methyl/N-ethyl adjacent to an activating group) is 1. The third kappa shape index (κ3) is 11.3. The van der Waals surface area contributed by atoms with Gasteiger partial charge in [0, 0.05) is 25.7 Å². The van der Waals surface area contributed by atoms with Gasteiger partial charge in [-0.15, -0.1) is 0 Å². The summed E-state index contributed by atoms with van der Waals surface area (Å²) in [6.45, 7) is 12.7. The first-order valence-corrected chi connectivity index (χ1v) is 11.3. The standard InChI is InChI=1S/2C9H12O2.C6H14N2O.C2H6/c2*1-7-4-5-8(10-2)9(6-7)11-3;1-6-5-8(9)4-3-7(6)2;1-2/h2*4-6H,1-3H3;6,9H,3-5H2,1-2H3;1-2H3/t;;6-;/m..0./s1. The van der Waals surface area contributed by atoms with E-state index in [9.17, 15) is 0 Å². The van der Waals surface area contributed by atoms with E-state index >= 15 is 0 Å². The number of aryl methyl sites for hydroxylation is 2. The van der Waals surface area contributed by atoms with E-state index in [2.05, 4.69) is 18.9 Å². The number of hydroxylamine groups is 2. The Bertz CT molecular complexity index is 732. The number of rotatable bonds is 4. The fourth-order valence-corrected chi connectivity index (χ4v) is 2.92. The smallest absolute Gasteiger partial charge is 0.160 e. The van der Waals surface area contributed by atoms with Crippen molar-refractivity contribution in [2.45, 2.75) is 40.7 Å². The van der Waals surface area contributed by atoms with Crippen molar-refractivity contribution in [2.75, 3.05) is 55.1 Å². The number of piperazine rings is 1. The highest BCUT2D eigenvalue weighted by atomic mass is 16.5. The molecule has 33 heavy (non-hydrogen) atoms. The van der Waals surface area contributed by atoms with Gasteiger partial charge in [0.25, 0.3) is 0 Å². The van der Waals surface area contributed by atoms with Crippen LogP contribution in [-0.2, 0) is 0 Å². The quantitative estimate of drug-likeness (QED) is 0.678. The van der Waals surface area contributed by atoms with Crippen molar-refractivity contribution in [2.24, 2.45) is 0 Å². The summed E-state index contributed by atoms with van der Waals surface area (Å²) in [5.41, 5.74) is 2.34. The number of nitrogens with zero attached hydrogens (tertiary/aromatic N) is 2. The lowest BCUT2D eigenvalue weighted by molar-refractivity contribution is -0.127. The first-order valence-electron chi connectivity index (χ1n) is 11.3. The molecule has 2 aromatic carbocycles. The van der Waals surface area contributed by atoms with Crippen LogP contribution < -0.4 is 18.9 Å². The molecule has 1 aliphatic heterocycles. The number of hydrogen-bond acceptors (Lipinski definition) is 7. The molecule has 0 amide bonds. The van der Waals surface area contributed by atoms with Gasteiger partial charge in [-0.1, -0.05) is 26.0 Å². The fraction of sp³-hybridized carbons (Fsp3) is 0.538. The van der Waals surface area contributed by atoms with Crippen LogP contribution in [0, 0.1) is 13.8 Å². The highest BCUT2D eigenvalue weighted by Crippen LogP contribution is 2.27. The van der Waals surface area contributed by atoms with Gasteiger partial charge >= 0.3 is 0 Å². The van der Waals surface area contributed by atoms with Gasteiger partial charge in [-0.25, -0.2) is 0 Å². The second kappa shape index (κ2) is 17.1. The average Bonchev–Trinajstić information content (AvgIpc) is 2.83. The van der Waals surface area contributed by atoms with E-state index in [1.807, 2.05) is 64.1 Å². The zero-order valence-corrected chi connectivity index (χ0v) is 22.1. The Hall–Kier alpha value is -2.48. The van der Waals surface area contributed by atoms with Crippen molar-refractivity contribution in [3.05, 3.63) is 47.5 Å². The third-order valence-electron chi connectivity index (χ3n) is 5.02. The van der Waals surface area contributed by atoms with Crippen LogP contribution in [0.25, 0.3) is 0 Å². The van der Waals surface area contributed by atoms with E-state index in [1.54, 1.807) is 28.4 Å². The molecular weight excluding hydrogens is 420 g/mol. The zero-order valence-electron chi connectivity index (χ0n) is 22.1. The summed E-state index contributed by atoms with van der Waals surface area (Å²) in [4.78, 5) is 2.24. The molecule has 1 fully saturated rings. The van der Waals surface area contributed by atoms with Gasteiger partial charge in [-0.05, 0) is 63.2 Å². The highest BCUT2D eigenvalue weighted by Gasteiger charge is 2.18. The highest BCUT2D eigenvalue weighted by molar-refractivity contribution is 5.43. The Kier molecular flexibility index (Phi) is 15.8. The normalized spacial score (nSPS) is 15.4. The van der Waals surface area contributed by atoms with Crippen molar-refractivity contribution in [1.82, 2.24) is 9.96 Å². The van der Waals surface area contributed by atoms with E-state index in [1.165, 1.54) is 16.2 Å².